The Kier molecular flexibility index (Phi) is 5.98. The number of carbonyl (C=O) groups excluding carboxylic acids is 2. The van der Waals surface area contributed by atoms with Crippen molar-refractivity contribution >= 4 is 17.6 Å². The molecule has 0 aromatic heterocycles. The van der Waals surface area contributed by atoms with E-state index in [1.165, 1.54) is 19.3 Å². The van der Waals surface area contributed by atoms with E-state index in [9.17, 15) is 14.7 Å². The van der Waals surface area contributed by atoms with Crippen LogP contribution in [0, 0.1) is 0 Å². The number of ether oxygens (including phenoxy) is 1. The number of benzene rings is 2. The Labute approximate surface area is 154 Å². The van der Waals surface area contributed by atoms with Crippen LogP contribution in [0.4, 0.5) is 0 Å². The summed E-state index contributed by atoms with van der Waals surface area (Å²) in [5, 5.41) is 9.57. The monoisotopic (exact) mass is 352 g/mol. The van der Waals surface area contributed by atoms with Crippen LogP contribution in [0.2, 0.25) is 0 Å². The number of carbonyl (C=O) groups is 2. The van der Waals surface area contributed by atoms with E-state index in [2.05, 4.69) is 20.8 Å². The number of rotatable bonds is 6. The SMILES string of the molecule is COc1cc(/C=C/C(=O)CC(=O)c2ccc(C(C)(C)C)cc2)ccc1O. The van der Waals surface area contributed by atoms with Gasteiger partial charge >= 0.3 is 0 Å². The minimum Gasteiger partial charge on any atom is -0.504 e. The molecule has 0 unspecified atom stereocenters. The lowest BCUT2D eigenvalue weighted by Crippen LogP contribution is -2.12. The van der Waals surface area contributed by atoms with Crippen LogP contribution in [0.25, 0.3) is 6.08 Å². The van der Waals surface area contributed by atoms with Crippen molar-refractivity contribution in [3.05, 3.63) is 65.2 Å². The predicted molar refractivity (Wildman–Crippen MR) is 103 cm³/mol. The average molecular weight is 352 g/mol. The van der Waals surface area contributed by atoms with Crippen molar-refractivity contribution in [1.29, 1.82) is 0 Å². The summed E-state index contributed by atoms with van der Waals surface area (Å²) in [4.78, 5) is 24.3. The molecular formula is C22H24O4. The quantitative estimate of drug-likeness (QED) is 0.470. The highest BCUT2D eigenvalue weighted by molar-refractivity contribution is 6.12. The minimum absolute atomic E-state index is 0.0192. The smallest absolute Gasteiger partial charge is 0.170 e. The van der Waals surface area contributed by atoms with Gasteiger partial charge in [-0.15, -0.1) is 0 Å². The molecule has 2 rings (SSSR count). The van der Waals surface area contributed by atoms with Gasteiger partial charge in [0.25, 0.3) is 0 Å². The molecule has 4 nitrogen and oxygen atoms in total. The molecule has 0 amide bonds. The summed E-state index contributed by atoms with van der Waals surface area (Å²) < 4.78 is 5.03. The Bertz CT molecular complexity index is 824. The first-order valence-electron chi connectivity index (χ1n) is 8.42. The van der Waals surface area contributed by atoms with Gasteiger partial charge in [-0.2, -0.15) is 0 Å². The number of hydrogen-bond donors (Lipinski definition) is 1. The summed E-state index contributed by atoms with van der Waals surface area (Å²) in [7, 11) is 1.46. The number of phenols is 1. The number of allylic oxidation sites excluding steroid dienone is 1. The molecule has 136 valence electrons. The van der Waals surface area contributed by atoms with Crippen molar-refractivity contribution in [2.24, 2.45) is 0 Å². The van der Waals surface area contributed by atoms with Crippen molar-refractivity contribution in [1.82, 2.24) is 0 Å². The number of phenolic OH excluding ortho intramolecular Hbond substituents is 1. The highest BCUT2D eigenvalue weighted by Crippen LogP contribution is 2.27. The number of aromatic hydroxyl groups is 1. The topological polar surface area (TPSA) is 63.6 Å². The van der Waals surface area contributed by atoms with Gasteiger partial charge in [-0.3, -0.25) is 9.59 Å². The van der Waals surface area contributed by atoms with Crippen molar-refractivity contribution in [2.75, 3.05) is 7.11 Å². The van der Waals surface area contributed by atoms with Crippen LogP contribution in [0.1, 0.15) is 48.7 Å². The Morgan fingerprint density at radius 1 is 1.08 bits per heavy atom. The first kappa shape index (κ1) is 19.4. The first-order chi connectivity index (χ1) is 12.2. The molecule has 0 saturated carbocycles. The van der Waals surface area contributed by atoms with Crippen LogP contribution in [0.5, 0.6) is 11.5 Å². The Morgan fingerprint density at radius 3 is 2.31 bits per heavy atom. The maximum absolute atomic E-state index is 12.3. The van der Waals surface area contributed by atoms with E-state index in [0.717, 1.165) is 5.56 Å². The number of Topliss-reactive ketones (excluding diaryl/α,β-unsaturated/α-hetero) is 1. The van der Waals surface area contributed by atoms with Crippen LogP contribution in [-0.2, 0) is 10.2 Å². The molecule has 0 aliphatic heterocycles. The first-order valence-corrected chi connectivity index (χ1v) is 8.42. The van der Waals surface area contributed by atoms with Gasteiger partial charge in [-0.1, -0.05) is 57.2 Å². The molecule has 0 spiro atoms. The Morgan fingerprint density at radius 2 is 1.73 bits per heavy atom. The Balaban J connectivity index is 2.02. The highest BCUT2D eigenvalue weighted by atomic mass is 16.5. The van der Waals surface area contributed by atoms with Gasteiger partial charge in [0.15, 0.2) is 23.1 Å². The third kappa shape index (κ3) is 5.06. The normalized spacial score (nSPS) is 11.5. The number of hydrogen-bond acceptors (Lipinski definition) is 4. The van der Waals surface area contributed by atoms with Crippen molar-refractivity contribution in [2.45, 2.75) is 32.6 Å². The van der Waals surface area contributed by atoms with Crippen molar-refractivity contribution in [3.63, 3.8) is 0 Å². The van der Waals surface area contributed by atoms with Gasteiger partial charge < -0.3 is 9.84 Å². The molecule has 0 aliphatic carbocycles. The fraction of sp³-hybridized carbons (Fsp3) is 0.273. The van der Waals surface area contributed by atoms with Gasteiger partial charge in [0.05, 0.1) is 13.5 Å². The fourth-order valence-corrected chi connectivity index (χ4v) is 2.46. The van der Waals surface area contributed by atoms with E-state index in [-0.39, 0.29) is 29.2 Å². The molecule has 0 saturated heterocycles. The summed E-state index contributed by atoms with van der Waals surface area (Å²) >= 11 is 0. The lowest BCUT2D eigenvalue weighted by Gasteiger charge is -2.18. The molecule has 4 heteroatoms. The summed E-state index contributed by atoms with van der Waals surface area (Å²) in [5.74, 6) is -0.121. The van der Waals surface area contributed by atoms with Crippen molar-refractivity contribution in [3.8, 4) is 11.5 Å². The van der Waals surface area contributed by atoms with Crippen LogP contribution in [0.15, 0.2) is 48.5 Å². The Hall–Kier alpha value is -2.88. The molecule has 2 aromatic rings. The molecule has 0 radical (unpaired) electrons. The van der Waals surface area contributed by atoms with Gasteiger partial charge in [0.2, 0.25) is 0 Å². The second-order valence-corrected chi connectivity index (χ2v) is 7.16. The lowest BCUT2D eigenvalue weighted by atomic mass is 9.86. The molecule has 1 N–H and O–H groups in total. The third-order valence-electron chi connectivity index (χ3n) is 4.07. The van der Waals surface area contributed by atoms with E-state index >= 15 is 0 Å². The van der Waals surface area contributed by atoms with Crippen LogP contribution >= 0.6 is 0 Å². The van der Waals surface area contributed by atoms with Gasteiger partial charge in [-0.25, -0.2) is 0 Å². The zero-order valence-corrected chi connectivity index (χ0v) is 15.6. The molecule has 0 heterocycles. The summed E-state index contributed by atoms with van der Waals surface area (Å²) in [5.41, 5.74) is 2.40. The average Bonchev–Trinajstić information content (AvgIpc) is 2.60. The maximum Gasteiger partial charge on any atom is 0.170 e. The molecule has 2 aromatic carbocycles. The zero-order chi connectivity index (χ0) is 19.3. The summed E-state index contributed by atoms with van der Waals surface area (Å²) in [6.45, 7) is 6.32. The third-order valence-corrected chi connectivity index (χ3v) is 4.07. The van der Waals surface area contributed by atoms with Gasteiger partial charge in [-0.05, 0) is 34.8 Å². The fourth-order valence-electron chi connectivity index (χ4n) is 2.46. The van der Waals surface area contributed by atoms with E-state index < -0.39 is 0 Å². The standard InChI is InChI=1S/C22H24O4/c1-22(2,3)17-9-7-16(8-10-17)20(25)14-18(23)11-5-15-6-12-19(24)21(13-15)26-4/h5-13,24H,14H2,1-4H3/b11-5+. The zero-order valence-electron chi connectivity index (χ0n) is 15.6. The number of ketones is 2. The molecule has 0 aliphatic rings. The molecule has 0 atom stereocenters. The van der Waals surface area contributed by atoms with Crippen molar-refractivity contribution < 1.29 is 19.4 Å². The lowest BCUT2D eigenvalue weighted by molar-refractivity contribution is -0.113. The predicted octanol–water partition coefficient (Wildman–Crippen LogP) is 4.55. The molecule has 26 heavy (non-hydrogen) atoms. The summed E-state index contributed by atoms with van der Waals surface area (Å²) in [6, 6.07) is 12.2. The minimum atomic E-state index is -0.276. The molecular weight excluding hydrogens is 328 g/mol. The second-order valence-electron chi connectivity index (χ2n) is 7.16. The number of methoxy groups -OCH3 is 1. The molecule has 0 fully saturated rings. The van der Waals surface area contributed by atoms with Crippen LogP contribution < -0.4 is 4.74 Å². The van der Waals surface area contributed by atoms with Crippen LogP contribution in [-0.4, -0.2) is 23.8 Å². The van der Waals surface area contributed by atoms with E-state index in [0.29, 0.717) is 16.9 Å². The van der Waals surface area contributed by atoms with Crippen LogP contribution in [0.3, 0.4) is 0 Å². The second kappa shape index (κ2) is 8.00. The maximum atomic E-state index is 12.3. The van der Waals surface area contributed by atoms with Gasteiger partial charge in [0.1, 0.15) is 0 Å². The van der Waals surface area contributed by atoms with Gasteiger partial charge in [0, 0.05) is 5.56 Å². The highest BCUT2D eigenvalue weighted by Gasteiger charge is 2.15. The summed E-state index contributed by atoms with van der Waals surface area (Å²) in [6.07, 6.45) is 2.79. The van der Waals surface area contributed by atoms with E-state index in [1.54, 1.807) is 30.3 Å². The van der Waals surface area contributed by atoms with E-state index in [1.807, 2.05) is 12.1 Å². The van der Waals surface area contributed by atoms with E-state index in [4.69, 9.17) is 4.74 Å². The largest absolute Gasteiger partial charge is 0.504 e. The molecule has 0 bridgehead atoms.